The Morgan fingerprint density at radius 1 is 1.29 bits per heavy atom. The second kappa shape index (κ2) is 4.59. The monoisotopic (exact) mass is 231 g/mol. The lowest BCUT2D eigenvalue weighted by atomic mass is 10.1. The summed E-state index contributed by atoms with van der Waals surface area (Å²) in [5, 5.41) is 4.34. The van der Waals surface area contributed by atoms with Gasteiger partial charge in [-0.2, -0.15) is 5.10 Å². The highest BCUT2D eigenvalue weighted by Crippen LogP contribution is 2.23. The van der Waals surface area contributed by atoms with E-state index in [9.17, 15) is 0 Å². The minimum Gasteiger partial charge on any atom is -0.384 e. The van der Waals surface area contributed by atoms with Gasteiger partial charge in [-0.1, -0.05) is 24.3 Å². The zero-order valence-electron chi connectivity index (χ0n) is 10.3. The fourth-order valence-corrected chi connectivity index (χ4v) is 1.68. The number of hydrogen-bond acceptors (Lipinski definition) is 3. The molecular formula is C13H17N3O. The van der Waals surface area contributed by atoms with Gasteiger partial charge in [0.05, 0.1) is 11.8 Å². The van der Waals surface area contributed by atoms with E-state index in [0.717, 1.165) is 16.8 Å². The molecule has 0 spiro atoms. The number of anilines is 1. The molecule has 1 aromatic carbocycles. The number of nitrogens with zero attached hydrogens (tertiary/aromatic N) is 2. The summed E-state index contributed by atoms with van der Waals surface area (Å²) in [5.74, 6) is 0.661. The van der Waals surface area contributed by atoms with Gasteiger partial charge in [0, 0.05) is 25.8 Å². The van der Waals surface area contributed by atoms with Crippen LogP contribution in [0.1, 0.15) is 18.6 Å². The third-order valence-corrected chi connectivity index (χ3v) is 2.95. The molecule has 0 saturated heterocycles. The van der Waals surface area contributed by atoms with E-state index < -0.39 is 0 Å². The van der Waals surface area contributed by atoms with Crippen LogP contribution in [0, 0.1) is 0 Å². The summed E-state index contributed by atoms with van der Waals surface area (Å²) >= 11 is 0. The Hall–Kier alpha value is -1.81. The molecule has 0 aliphatic rings. The molecule has 0 aliphatic heterocycles. The Balaban J connectivity index is 2.29. The van der Waals surface area contributed by atoms with E-state index in [1.165, 1.54) is 0 Å². The molecule has 2 rings (SSSR count). The highest BCUT2D eigenvalue weighted by Gasteiger charge is 2.07. The largest absolute Gasteiger partial charge is 0.384 e. The predicted molar refractivity (Wildman–Crippen MR) is 68.5 cm³/mol. The van der Waals surface area contributed by atoms with Crippen molar-refractivity contribution in [3.8, 4) is 11.3 Å². The van der Waals surface area contributed by atoms with E-state index in [4.69, 9.17) is 10.5 Å². The van der Waals surface area contributed by atoms with Crippen molar-refractivity contribution in [2.24, 2.45) is 7.05 Å². The molecule has 2 aromatic rings. The maximum absolute atomic E-state index is 5.76. The average molecular weight is 231 g/mol. The molecular weight excluding hydrogens is 214 g/mol. The van der Waals surface area contributed by atoms with Crippen LogP contribution < -0.4 is 5.73 Å². The fraction of sp³-hybridized carbons (Fsp3) is 0.308. The van der Waals surface area contributed by atoms with Crippen molar-refractivity contribution in [2.45, 2.75) is 13.0 Å². The van der Waals surface area contributed by atoms with Gasteiger partial charge < -0.3 is 10.5 Å². The molecule has 1 unspecified atom stereocenters. The van der Waals surface area contributed by atoms with E-state index in [1.54, 1.807) is 11.8 Å². The van der Waals surface area contributed by atoms with E-state index in [2.05, 4.69) is 5.10 Å². The quantitative estimate of drug-likeness (QED) is 0.882. The van der Waals surface area contributed by atoms with E-state index in [0.29, 0.717) is 5.82 Å². The second-order valence-corrected chi connectivity index (χ2v) is 4.08. The lowest BCUT2D eigenvalue weighted by Gasteiger charge is -2.09. The standard InChI is InChI=1S/C13H17N3O/c1-9(17-3)10-4-6-11(7-5-10)12-8-13(14)16(2)15-12/h4-9H,14H2,1-3H3. The van der Waals surface area contributed by atoms with Crippen LogP contribution in [0.3, 0.4) is 0 Å². The Bertz CT molecular complexity index is 482. The number of aryl methyl sites for hydroxylation is 1. The van der Waals surface area contributed by atoms with Crippen molar-refractivity contribution < 1.29 is 4.74 Å². The third kappa shape index (κ3) is 2.31. The van der Waals surface area contributed by atoms with Gasteiger partial charge in [0.2, 0.25) is 0 Å². The zero-order chi connectivity index (χ0) is 12.4. The summed E-state index contributed by atoms with van der Waals surface area (Å²) in [4.78, 5) is 0. The summed E-state index contributed by atoms with van der Waals surface area (Å²) in [7, 11) is 3.54. The maximum Gasteiger partial charge on any atom is 0.121 e. The minimum absolute atomic E-state index is 0.109. The predicted octanol–water partition coefficient (Wildman–Crippen LogP) is 2.38. The maximum atomic E-state index is 5.76. The fourth-order valence-electron chi connectivity index (χ4n) is 1.68. The molecule has 1 heterocycles. The topological polar surface area (TPSA) is 53.1 Å². The molecule has 0 fully saturated rings. The highest BCUT2D eigenvalue weighted by atomic mass is 16.5. The lowest BCUT2D eigenvalue weighted by molar-refractivity contribution is 0.119. The Morgan fingerprint density at radius 2 is 1.94 bits per heavy atom. The first-order valence-electron chi connectivity index (χ1n) is 5.54. The molecule has 1 atom stereocenters. The van der Waals surface area contributed by atoms with Crippen LogP contribution in [0.15, 0.2) is 30.3 Å². The third-order valence-electron chi connectivity index (χ3n) is 2.95. The number of nitrogen functional groups attached to an aromatic ring is 1. The zero-order valence-corrected chi connectivity index (χ0v) is 10.3. The first kappa shape index (κ1) is 11.7. The van der Waals surface area contributed by atoms with Crippen LogP contribution in [-0.2, 0) is 11.8 Å². The van der Waals surface area contributed by atoms with Crippen LogP contribution >= 0.6 is 0 Å². The highest BCUT2D eigenvalue weighted by molar-refractivity contribution is 5.62. The molecule has 0 aliphatic carbocycles. The number of aromatic nitrogens is 2. The van der Waals surface area contributed by atoms with Crippen molar-refractivity contribution in [1.29, 1.82) is 0 Å². The van der Waals surface area contributed by atoms with Gasteiger partial charge in [-0.25, -0.2) is 0 Å². The molecule has 4 heteroatoms. The van der Waals surface area contributed by atoms with Gasteiger partial charge in [-0.05, 0) is 12.5 Å². The van der Waals surface area contributed by atoms with Gasteiger partial charge in [0.15, 0.2) is 0 Å². The minimum atomic E-state index is 0.109. The Labute approximate surface area is 101 Å². The summed E-state index contributed by atoms with van der Waals surface area (Å²) < 4.78 is 6.93. The summed E-state index contributed by atoms with van der Waals surface area (Å²) in [5.41, 5.74) is 8.86. The molecule has 0 amide bonds. The molecule has 90 valence electrons. The van der Waals surface area contributed by atoms with Crippen molar-refractivity contribution >= 4 is 5.82 Å². The number of hydrogen-bond donors (Lipinski definition) is 1. The molecule has 17 heavy (non-hydrogen) atoms. The van der Waals surface area contributed by atoms with Crippen LogP contribution in [-0.4, -0.2) is 16.9 Å². The van der Waals surface area contributed by atoms with E-state index >= 15 is 0 Å². The summed E-state index contributed by atoms with van der Waals surface area (Å²) in [6, 6.07) is 10.0. The molecule has 0 bridgehead atoms. The summed E-state index contributed by atoms with van der Waals surface area (Å²) in [6.07, 6.45) is 0.109. The van der Waals surface area contributed by atoms with E-state index in [1.807, 2.05) is 44.3 Å². The molecule has 0 radical (unpaired) electrons. The molecule has 0 saturated carbocycles. The first-order valence-corrected chi connectivity index (χ1v) is 5.54. The number of rotatable bonds is 3. The van der Waals surface area contributed by atoms with Crippen molar-refractivity contribution in [1.82, 2.24) is 9.78 Å². The van der Waals surface area contributed by atoms with Gasteiger partial charge in [-0.15, -0.1) is 0 Å². The summed E-state index contributed by atoms with van der Waals surface area (Å²) in [6.45, 7) is 2.02. The lowest BCUT2D eigenvalue weighted by Crippen LogP contribution is -1.96. The molecule has 1 aromatic heterocycles. The van der Waals surface area contributed by atoms with Crippen molar-refractivity contribution in [2.75, 3.05) is 12.8 Å². The second-order valence-electron chi connectivity index (χ2n) is 4.08. The van der Waals surface area contributed by atoms with Crippen LogP contribution in [0.2, 0.25) is 0 Å². The Morgan fingerprint density at radius 3 is 2.41 bits per heavy atom. The van der Waals surface area contributed by atoms with Crippen molar-refractivity contribution in [3.05, 3.63) is 35.9 Å². The normalized spacial score (nSPS) is 12.6. The number of ether oxygens (including phenoxy) is 1. The van der Waals surface area contributed by atoms with Gasteiger partial charge in [0.1, 0.15) is 5.82 Å². The van der Waals surface area contributed by atoms with Gasteiger partial charge >= 0.3 is 0 Å². The number of nitrogens with two attached hydrogens (primary N) is 1. The number of benzene rings is 1. The van der Waals surface area contributed by atoms with Gasteiger partial charge in [0.25, 0.3) is 0 Å². The van der Waals surface area contributed by atoms with Crippen molar-refractivity contribution in [3.63, 3.8) is 0 Å². The van der Waals surface area contributed by atoms with Crippen LogP contribution in [0.5, 0.6) is 0 Å². The number of methoxy groups -OCH3 is 1. The van der Waals surface area contributed by atoms with Gasteiger partial charge in [-0.3, -0.25) is 4.68 Å². The average Bonchev–Trinajstić information content (AvgIpc) is 2.69. The SMILES string of the molecule is COC(C)c1ccc(-c2cc(N)n(C)n2)cc1. The molecule has 4 nitrogen and oxygen atoms in total. The first-order chi connectivity index (χ1) is 8.11. The van der Waals surface area contributed by atoms with Crippen LogP contribution in [0.4, 0.5) is 5.82 Å². The molecule has 2 N–H and O–H groups in total. The van der Waals surface area contributed by atoms with Crippen LogP contribution in [0.25, 0.3) is 11.3 Å². The van der Waals surface area contributed by atoms with E-state index in [-0.39, 0.29) is 6.10 Å². The Kier molecular flexibility index (Phi) is 3.15. The smallest absolute Gasteiger partial charge is 0.121 e.